The molecule has 2 fully saturated rings. The van der Waals surface area contributed by atoms with Gasteiger partial charge < -0.3 is 14.2 Å². The van der Waals surface area contributed by atoms with Crippen molar-refractivity contribution in [1.82, 2.24) is 19.9 Å². The van der Waals surface area contributed by atoms with Gasteiger partial charge in [0.05, 0.1) is 14.2 Å². The zero-order valence-corrected chi connectivity index (χ0v) is 20.3. The number of para-hydroxylation sites is 1. The van der Waals surface area contributed by atoms with Crippen molar-refractivity contribution >= 4 is 0 Å². The second-order valence-corrected chi connectivity index (χ2v) is 9.44. The Morgan fingerprint density at radius 3 is 2.38 bits per heavy atom. The predicted octanol–water partition coefficient (Wildman–Crippen LogP) is 4.62. The number of nitrogens with zero attached hydrogens (tertiary/aromatic N) is 3. The van der Waals surface area contributed by atoms with E-state index in [9.17, 15) is 0 Å². The molecule has 3 heterocycles. The van der Waals surface area contributed by atoms with Gasteiger partial charge in [-0.2, -0.15) is 0 Å². The summed E-state index contributed by atoms with van der Waals surface area (Å²) in [5, 5.41) is 7.91. The van der Waals surface area contributed by atoms with Crippen LogP contribution in [0.25, 0.3) is 0 Å². The molecule has 0 radical (unpaired) electrons. The average molecular weight is 465 g/mol. The minimum atomic E-state index is 0.0165. The number of benzene rings is 2. The summed E-state index contributed by atoms with van der Waals surface area (Å²) in [6.45, 7) is 4.67. The molecule has 0 amide bonds. The van der Waals surface area contributed by atoms with E-state index in [2.05, 4.69) is 57.3 Å². The number of likely N-dealkylation sites (tertiary alicyclic amines) is 1. The number of H-pyrrole nitrogens is 1. The maximum absolute atomic E-state index is 5.87. The van der Waals surface area contributed by atoms with Gasteiger partial charge in [0, 0.05) is 25.3 Å². The number of rotatable bonds is 8. The van der Waals surface area contributed by atoms with Gasteiger partial charge in [-0.3, -0.25) is 9.58 Å². The summed E-state index contributed by atoms with van der Waals surface area (Å²) in [5.41, 5.74) is 2.55. The number of aromatic nitrogens is 3. The fraction of sp³-hybridized carbons (Fsp3) is 0.519. The van der Waals surface area contributed by atoms with Crippen LogP contribution in [-0.2, 0) is 11.3 Å². The number of hydrogen-bond donors (Lipinski definition) is 1. The summed E-state index contributed by atoms with van der Waals surface area (Å²) in [7, 11) is 3.42. The van der Waals surface area contributed by atoms with Crippen LogP contribution in [-0.4, -0.2) is 60.4 Å². The lowest BCUT2D eigenvalue weighted by atomic mass is 9.88. The SMILES string of the molecule is COc1cccc(C(c2n[nH]n2CC2CCOCC2)N2CCC(c3ccccc3)CC2)c1OC. The van der Waals surface area contributed by atoms with E-state index in [1.54, 1.807) is 14.2 Å². The summed E-state index contributed by atoms with van der Waals surface area (Å²) >= 11 is 0. The third-order valence-corrected chi connectivity index (χ3v) is 7.48. The van der Waals surface area contributed by atoms with Crippen molar-refractivity contribution in [1.29, 1.82) is 0 Å². The first-order valence-corrected chi connectivity index (χ1v) is 12.5. The lowest BCUT2D eigenvalue weighted by Gasteiger charge is -2.39. The average Bonchev–Trinajstić information content (AvgIpc) is 2.90. The number of methoxy groups -OCH3 is 2. The van der Waals surface area contributed by atoms with Gasteiger partial charge >= 0.3 is 0 Å². The van der Waals surface area contributed by atoms with Crippen molar-refractivity contribution in [2.75, 3.05) is 40.5 Å². The van der Waals surface area contributed by atoms with Crippen molar-refractivity contribution in [3.63, 3.8) is 0 Å². The van der Waals surface area contributed by atoms with Crippen LogP contribution in [0.2, 0.25) is 0 Å². The van der Waals surface area contributed by atoms with E-state index >= 15 is 0 Å². The molecule has 0 aliphatic carbocycles. The second-order valence-electron chi connectivity index (χ2n) is 9.44. The Morgan fingerprint density at radius 1 is 0.971 bits per heavy atom. The van der Waals surface area contributed by atoms with E-state index in [4.69, 9.17) is 19.3 Å². The van der Waals surface area contributed by atoms with Gasteiger partial charge in [0.1, 0.15) is 6.04 Å². The lowest BCUT2D eigenvalue weighted by molar-refractivity contribution is 0.0566. The van der Waals surface area contributed by atoms with Crippen molar-refractivity contribution in [2.45, 2.75) is 44.2 Å². The maximum atomic E-state index is 5.87. The zero-order chi connectivity index (χ0) is 23.3. The van der Waals surface area contributed by atoms with Gasteiger partial charge in [0.25, 0.3) is 0 Å². The van der Waals surface area contributed by atoms with Crippen LogP contribution < -0.4 is 9.47 Å². The third kappa shape index (κ3) is 4.72. The molecule has 182 valence electrons. The normalized spacial score (nSPS) is 19.2. The number of nitrogens with one attached hydrogen (secondary N) is 1. The highest BCUT2D eigenvalue weighted by atomic mass is 16.5. The van der Waals surface area contributed by atoms with Crippen LogP contribution in [0.3, 0.4) is 0 Å². The van der Waals surface area contributed by atoms with Crippen molar-refractivity contribution < 1.29 is 14.2 Å². The van der Waals surface area contributed by atoms with Crippen LogP contribution in [0.15, 0.2) is 48.5 Å². The van der Waals surface area contributed by atoms with Crippen molar-refractivity contribution in [2.24, 2.45) is 5.92 Å². The minimum Gasteiger partial charge on any atom is -0.493 e. The topological polar surface area (TPSA) is 64.5 Å². The summed E-state index contributed by atoms with van der Waals surface area (Å²) in [4.78, 5) is 2.56. The van der Waals surface area contributed by atoms with E-state index in [1.807, 2.05) is 6.07 Å². The lowest BCUT2D eigenvalue weighted by Crippen LogP contribution is -2.41. The molecule has 34 heavy (non-hydrogen) atoms. The summed E-state index contributed by atoms with van der Waals surface area (Å²) in [6.07, 6.45) is 4.46. The summed E-state index contributed by atoms with van der Waals surface area (Å²) in [6, 6.07) is 17.1. The molecular weight excluding hydrogens is 428 g/mol. The zero-order valence-electron chi connectivity index (χ0n) is 20.3. The molecule has 1 aromatic heterocycles. The standard InChI is InChI=1S/C27H36N4O3/c1-32-24-10-6-9-23(26(24)33-2)25(27-28-29-31(27)19-20-13-17-34-18-14-20)30-15-11-22(12-16-30)21-7-4-3-5-8-21/h3-10,20,22,25,29H,11-19H2,1-2H3. The molecule has 3 aromatic rings. The van der Waals surface area contributed by atoms with Gasteiger partial charge in [-0.1, -0.05) is 42.5 Å². The molecule has 1 unspecified atom stereocenters. The predicted molar refractivity (Wildman–Crippen MR) is 131 cm³/mol. The smallest absolute Gasteiger partial charge is 0.168 e. The Hall–Kier alpha value is -2.77. The third-order valence-electron chi connectivity index (χ3n) is 7.48. The molecule has 7 nitrogen and oxygen atoms in total. The van der Waals surface area contributed by atoms with Crippen LogP contribution in [0.5, 0.6) is 11.5 Å². The molecule has 0 bridgehead atoms. The molecule has 7 heteroatoms. The second kappa shape index (κ2) is 10.7. The Morgan fingerprint density at radius 2 is 1.74 bits per heavy atom. The fourth-order valence-electron chi connectivity index (χ4n) is 5.55. The van der Waals surface area contributed by atoms with Crippen LogP contribution >= 0.6 is 0 Å². The maximum Gasteiger partial charge on any atom is 0.168 e. The molecule has 0 saturated carbocycles. The van der Waals surface area contributed by atoms with Gasteiger partial charge in [-0.25, -0.2) is 5.21 Å². The molecule has 2 aliphatic heterocycles. The molecule has 2 saturated heterocycles. The largest absolute Gasteiger partial charge is 0.493 e. The van der Waals surface area contributed by atoms with Crippen LogP contribution in [0.1, 0.15) is 54.6 Å². The molecule has 1 atom stereocenters. The monoisotopic (exact) mass is 464 g/mol. The highest BCUT2D eigenvalue weighted by Gasteiger charge is 2.35. The van der Waals surface area contributed by atoms with Crippen molar-refractivity contribution in [3.05, 3.63) is 65.5 Å². The molecule has 0 spiro atoms. The fourth-order valence-corrected chi connectivity index (χ4v) is 5.55. The number of aromatic amines is 1. The number of hydrogen-bond acceptors (Lipinski definition) is 5. The van der Waals surface area contributed by atoms with Gasteiger partial charge in [0.2, 0.25) is 0 Å². The van der Waals surface area contributed by atoms with Gasteiger partial charge in [0.15, 0.2) is 17.3 Å². The van der Waals surface area contributed by atoms with E-state index in [1.165, 1.54) is 5.56 Å². The molecule has 2 aromatic carbocycles. The summed E-state index contributed by atoms with van der Waals surface area (Å²) in [5.74, 6) is 3.83. The first-order chi connectivity index (χ1) is 16.8. The van der Waals surface area contributed by atoms with Crippen molar-refractivity contribution in [3.8, 4) is 11.5 Å². The Labute approximate surface area is 202 Å². The van der Waals surface area contributed by atoms with Gasteiger partial charge in [-0.15, -0.1) is 5.10 Å². The van der Waals surface area contributed by atoms with Gasteiger partial charge in [-0.05, 0) is 62.2 Å². The van der Waals surface area contributed by atoms with E-state index in [0.717, 1.165) is 81.4 Å². The Kier molecular flexibility index (Phi) is 7.21. The van der Waals surface area contributed by atoms with E-state index in [-0.39, 0.29) is 6.04 Å². The van der Waals surface area contributed by atoms with E-state index < -0.39 is 0 Å². The highest BCUT2D eigenvalue weighted by Crippen LogP contribution is 2.42. The van der Waals surface area contributed by atoms with Crippen LogP contribution in [0, 0.1) is 5.92 Å². The highest BCUT2D eigenvalue weighted by molar-refractivity contribution is 5.49. The first-order valence-electron chi connectivity index (χ1n) is 12.5. The van der Waals surface area contributed by atoms with Crippen LogP contribution in [0.4, 0.5) is 0 Å². The Balaban J connectivity index is 1.43. The molecule has 1 N–H and O–H groups in total. The Bertz CT molecular complexity index is 1030. The molecule has 5 rings (SSSR count). The molecular formula is C27H36N4O3. The number of piperidine rings is 1. The first kappa shape index (κ1) is 23.0. The minimum absolute atomic E-state index is 0.0165. The molecule has 2 aliphatic rings. The number of ether oxygens (including phenoxy) is 3. The summed E-state index contributed by atoms with van der Waals surface area (Å²) < 4.78 is 19.3. The quantitative estimate of drug-likeness (QED) is 0.527. The van der Waals surface area contributed by atoms with E-state index in [0.29, 0.717) is 11.8 Å².